The summed E-state index contributed by atoms with van der Waals surface area (Å²) in [5, 5.41) is 2.08. The second kappa shape index (κ2) is 9.06. The number of ether oxygens (including phenoxy) is 1. The number of benzene rings is 1. The minimum Gasteiger partial charge on any atom is -0.444 e. The molecule has 0 aliphatic carbocycles. The van der Waals surface area contributed by atoms with Crippen LogP contribution in [-0.2, 0) is 14.8 Å². The standard InChI is InChI=1S/C23H27N5O7S/c1-23(2,3)35-22(32)27-9-7-13(8-10-27)26-36(33,34)15-6-4-5-14(11-15)28-17(29)12-16-18(19(28)24)21(31)25-20(16)30/h4-6,11-13,26H,7-10,24H2,1-3H3,(H,25,30,31). The number of hydrogen-bond donors (Lipinski definition) is 3. The maximum atomic E-state index is 13.1. The van der Waals surface area contributed by atoms with Gasteiger partial charge in [0.15, 0.2) is 0 Å². The first-order chi connectivity index (χ1) is 16.8. The summed E-state index contributed by atoms with van der Waals surface area (Å²) >= 11 is 0. The molecule has 1 aromatic heterocycles. The van der Waals surface area contributed by atoms with Gasteiger partial charge in [0.05, 0.1) is 21.7 Å². The summed E-state index contributed by atoms with van der Waals surface area (Å²) in [6.07, 6.45) is 0.362. The lowest BCUT2D eigenvalue weighted by molar-refractivity contribution is 0.0203. The number of sulfonamides is 1. The molecule has 2 aliphatic rings. The molecule has 3 amide bonds. The van der Waals surface area contributed by atoms with Gasteiger partial charge >= 0.3 is 6.09 Å². The Morgan fingerprint density at radius 1 is 1.11 bits per heavy atom. The third kappa shape index (κ3) is 4.97. The molecule has 0 radical (unpaired) electrons. The van der Waals surface area contributed by atoms with Gasteiger partial charge in [-0.25, -0.2) is 17.9 Å². The van der Waals surface area contributed by atoms with Crippen LogP contribution in [0.4, 0.5) is 10.6 Å². The molecule has 1 saturated heterocycles. The zero-order valence-corrected chi connectivity index (χ0v) is 20.8. The Bertz CT molecular complexity index is 1420. The summed E-state index contributed by atoms with van der Waals surface area (Å²) in [4.78, 5) is 50.3. The second-order valence-corrected chi connectivity index (χ2v) is 11.3. The van der Waals surface area contributed by atoms with Crippen molar-refractivity contribution in [3.05, 3.63) is 51.8 Å². The van der Waals surface area contributed by atoms with Gasteiger partial charge in [-0.2, -0.15) is 0 Å². The van der Waals surface area contributed by atoms with Crippen molar-refractivity contribution >= 4 is 33.7 Å². The lowest BCUT2D eigenvalue weighted by Crippen LogP contribution is -2.47. The molecule has 36 heavy (non-hydrogen) atoms. The predicted octanol–water partition coefficient (Wildman–Crippen LogP) is 0.981. The van der Waals surface area contributed by atoms with Crippen LogP contribution in [-0.4, -0.2) is 60.5 Å². The highest BCUT2D eigenvalue weighted by Gasteiger charge is 2.32. The number of hydrogen-bond acceptors (Lipinski definition) is 8. The van der Waals surface area contributed by atoms with Crippen molar-refractivity contribution in [1.29, 1.82) is 0 Å². The molecule has 4 rings (SSSR count). The number of nitrogens with two attached hydrogens (primary N) is 1. The number of nitrogen functional groups attached to an aromatic ring is 1. The van der Waals surface area contributed by atoms with Gasteiger partial charge in [0, 0.05) is 25.2 Å². The zero-order valence-electron chi connectivity index (χ0n) is 20.0. The molecule has 0 atom stereocenters. The van der Waals surface area contributed by atoms with Crippen LogP contribution in [0, 0.1) is 0 Å². The van der Waals surface area contributed by atoms with Crippen LogP contribution >= 0.6 is 0 Å². The topological polar surface area (TPSA) is 170 Å². The van der Waals surface area contributed by atoms with Crippen molar-refractivity contribution in [2.45, 2.75) is 50.2 Å². The monoisotopic (exact) mass is 517 g/mol. The Morgan fingerprint density at radius 3 is 2.42 bits per heavy atom. The quantitative estimate of drug-likeness (QED) is 0.504. The summed E-state index contributed by atoms with van der Waals surface area (Å²) < 4.78 is 35.2. The summed E-state index contributed by atoms with van der Waals surface area (Å²) in [5.74, 6) is -1.72. The highest BCUT2D eigenvalue weighted by molar-refractivity contribution is 7.89. The Kier molecular flexibility index (Phi) is 6.39. The molecule has 4 N–H and O–H groups in total. The highest BCUT2D eigenvalue weighted by Crippen LogP contribution is 2.24. The van der Waals surface area contributed by atoms with E-state index in [1.807, 2.05) is 0 Å². The van der Waals surface area contributed by atoms with E-state index in [0.29, 0.717) is 25.9 Å². The lowest BCUT2D eigenvalue weighted by Gasteiger charge is -2.33. The summed E-state index contributed by atoms with van der Waals surface area (Å²) in [5.41, 5.74) is 4.60. The number of carbonyl (C=O) groups is 3. The molecular formula is C23H27N5O7S. The van der Waals surface area contributed by atoms with Gasteiger partial charge in [0.2, 0.25) is 10.0 Å². The number of amides is 3. The van der Waals surface area contributed by atoms with Crippen molar-refractivity contribution in [3.8, 4) is 5.69 Å². The number of aromatic nitrogens is 1. The van der Waals surface area contributed by atoms with E-state index in [-0.39, 0.29) is 27.5 Å². The number of nitrogens with zero attached hydrogens (tertiary/aromatic N) is 2. The molecule has 1 aromatic carbocycles. The first kappa shape index (κ1) is 25.4. The van der Waals surface area contributed by atoms with Gasteiger partial charge in [0.25, 0.3) is 17.4 Å². The number of likely N-dealkylation sites (tertiary alicyclic amines) is 1. The van der Waals surface area contributed by atoms with Gasteiger partial charge in [-0.15, -0.1) is 0 Å². The average molecular weight is 518 g/mol. The van der Waals surface area contributed by atoms with Gasteiger partial charge in [0.1, 0.15) is 11.4 Å². The minimum absolute atomic E-state index is 0.109. The Morgan fingerprint density at radius 2 is 1.78 bits per heavy atom. The number of nitrogens with one attached hydrogen (secondary N) is 2. The lowest BCUT2D eigenvalue weighted by atomic mass is 10.1. The van der Waals surface area contributed by atoms with Crippen LogP contribution in [0.3, 0.4) is 0 Å². The maximum Gasteiger partial charge on any atom is 0.410 e. The van der Waals surface area contributed by atoms with Crippen LogP contribution in [0.1, 0.15) is 54.3 Å². The van der Waals surface area contributed by atoms with E-state index in [1.165, 1.54) is 24.3 Å². The molecule has 2 aromatic rings. The third-order valence-corrected chi connectivity index (χ3v) is 7.33. The van der Waals surface area contributed by atoms with E-state index in [4.69, 9.17) is 10.5 Å². The predicted molar refractivity (Wildman–Crippen MR) is 129 cm³/mol. The van der Waals surface area contributed by atoms with Crippen LogP contribution in [0.2, 0.25) is 0 Å². The molecule has 0 bridgehead atoms. The molecule has 0 spiro atoms. The third-order valence-electron chi connectivity index (χ3n) is 5.81. The Balaban J connectivity index is 1.53. The van der Waals surface area contributed by atoms with E-state index in [9.17, 15) is 27.6 Å². The van der Waals surface area contributed by atoms with E-state index in [2.05, 4.69) is 10.0 Å². The molecule has 12 nitrogen and oxygen atoms in total. The fraction of sp³-hybridized carbons (Fsp3) is 0.391. The Hall–Kier alpha value is -3.71. The van der Waals surface area contributed by atoms with Crippen LogP contribution in [0.25, 0.3) is 5.69 Å². The SMILES string of the molecule is CC(C)(C)OC(=O)N1CCC(NS(=O)(=O)c2cccc(-n3c(N)c4c(cc3=O)C(=O)NC4=O)c2)CC1. The first-order valence-corrected chi connectivity index (χ1v) is 12.8. The molecule has 0 unspecified atom stereocenters. The minimum atomic E-state index is -3.99. The van der Waals surface area contributed by atoms with Crippen molar-refractivity contribution < 1.29 is 27.5 Å². The van der Waals surface area contributed by atoms with E-state index in [0.717, 1.165) is 10.6 Å². The van der Waals surface area contributed by atoms with Crippen molar-refractivity contribution in [1.82, 2.24) is 19.5 Å². The van der Waals surface area contributed by atoms with Gasteiger partial charge in [-0.3, -0.25) is 24.3 Å². The van der Waals surface area contributed by atoms with E-state index in [1.54, 1.807) is 25.7 Å². The molecule has 2 aliphatic heterocycles. The van der Waals surface area contributed by atoms with Gasteiger partial charge < -0.3 is 15.4 Å². The number of pyridine rings is 1. The summed E-state index contributed by atoms with van der Waals surface area (Å²) in [6.45, 7) is 6.00. The second-order valence-electron chi connectivity index (χ2n) is 9.64. The molecule has 0 saturated carbocycles. The van der Waals surface area contributed by atoms with Crippen molar-refractivity contribution in [2.75, 3.05) is 18.8 Å². The fourth-order valence-electron chi connectivity index (χ4n) is 4.13. The number of fused-ring (bicyclic) bond motifs is 1. The molecule has 1 fully saturated rings. The van der Waals surface area contributed by atoms with Gasteiger partial charge in [-0.1, -0.05) is 6.07 Å². The van der Waals surface area contributed by atoms with Crippen LogP contribution in [0.5, 0.6) is 0 Å². The molecule has 13 heteroatoms. The average Bonchev–Trinajstić information content (AvgIpc) is 3.06. The normalized spacial score (nSPS) is 16.6. The molecule has 192 valence electrons. The zero-order chi connectivity index (χ0) is 26.4. The maximum absolute atomic E-state index is 13.1. The number of rotatable bonds is 4. The summed E-state index contributed by atoms with van der Waals surface area (Å²) in [6, 6.07) is 6.13. The fourth-order valence-corrected chi connectivity index (χ4v) is 5.47. The number of imide groups is 1. The first-order valence-electron chi connectivity index (χ1n) is 11.3. The number of anilines is 1. The molecule has 3 heterocycles. The smallest absolute Gasteiger partial charge is 0.410 e. The number of piperidine rings is 1. The largest absolute Gasteiger partial charge is 0.444 e. The van der Waals surface area contributed by atoms with Crippen LogP contribution in [0.15, 0.2) is 40.0 Å². The Labute approximate surface area is 207 Å². The number of carbonyl (C=O) groups excluding carboxylic acids is 3. The van der Waals surface area contributed by atoms with E-state index >= 15 is 0 Å². The van der Waals surface area contributed by atoms with Crippen LogP contribution < -0.4 is 21.3 Å². The summed E-state index contributed by atoms with van der Waals surface area (Å²) in [7, 11) is -3.99. The van der Waals surface area contributed by atoms with Crippen molar-refractivity contribution in [3.63, 3.8) is 0 Å². The van der Waals surface area contributed by atoms with E-state index < -0.39 is 45.1 Å². The van der Waals surface area contributed by atoms with Gasteiger partial charge in [-0.05, 0) is 51.8 Å². The van der Waals surface area contributed by atoms with Crippen molar-refractivity contribution in [2.24, 2.45) is 0 Å². The highest BCUT2D eigenvalue weighted by atomic mass is 32.2. The molecular weight excluding hydrogens is 490 g/mol.